The van der Waals surface area contributed by atoms with Crippen molar-refractivity contribution < 1.29 is 9.47 Å². The van der Waals surface area contributed by atoms with Gasteiger partial charge in [-0.25, -0.2) is 4.98 Å². The topological polar surface area (TPSA) is 57.4 Å². The number of hydrogen-bond acceptors (Lipinski definition) is 5. The second-order valence-corrected chi connectivity index (χ2v) is 5.53. The summed E-state index contributed by atoms with van der Waals surface area (Å²) in [7, 11) is 1.64. The normalized spacial score (nSPS) is 10.8. The van der Waals surface area contributed by atoms with Gasteiger partial charge >= 0.3 is 0 Å². The summed E-state index contributed by atoms with van der Waals surface area (Å²) in [5.41, 5.74) is 7.72. The maximum absolute atomic E-state index is 5.77. The summed E-state index contributed by atoms with van der Waals surface area (Å²) < 4.78 is 11.1. The minimum Gasteiger partial charge on any atom is -0.493 e. The van der Waals surface area contributed by atoms with Gasteiger partial charge in [0.05, 0.1) is 23.8 Å². The van der Waals surface area contributed by atoms with Crippen molar-refractivity contribution in [2.45, 2.75) is 26.9 Å². The number of benzene rings is 1. The Morgan fingerprint density at radius 2 is 2.00 bits per heavy atom. The number of nitrogen functional groups attached to an aromatic ring is 1. The molecule has 0 aliphatic heterocycles. The van der Waals surface area contributed by atoms with E-state index in [-0.39, 0.29) is 6.10 Å². The SMILES string of the molecule is COc1ccc(-c2sc(N)nc2C)cc1OC(C)C. The van der Waals surface area contributed by atoms with Crippen LogP contribution < -0.4 is 15.2 Å². The van der Waals surface area contributed by atoms with Crippen molar-refractivity contribution in [3.8, 4) is 21.9 Å². The lowest BCUT2D eigenvalue weighted by Gasteiger charge is -2.14. The third-order valence-corrected chi connectivity index (χ3v) is 3.64. The quantitative estimate of drug-likeness (QED) is 0.930. The number of rotatable bonds is 4. The Morgan fingerprint density at radius 3 is 2.53 bits per heavy atom. The molecular formula is C14H18N2O2S. The van der Waals surface area contributed by atoms with E-state index in [1.807, 2.05) is 39.0 Å². The van der Waals surface area contributed by atoms with Gasteiger partial charge < -0.3 is 15.2 Å². The van der Waals surface area contributed by atoms with Crippen molar-refractivity contribution in [1.82, 2.24) is 4.98 Å². The number of anilines is 1. The van der Waals surface area contributed by atoms with Gasteiger partial charge in [-0.3, -0.25) is 0 Å². The molecule has 0 spiro atoms. The van der Waals surface area contributed by atoms with Crippen molar-refractivity contribution in [1.29, 1.82) is 0 Å². The molecule has 0 unspecified atom stereocenters. The molecule has 1 aromatic carbocycles. The van der Waals surface area contributed by atoms with Crippen molar-refractivity contribution in [3.63, 3.8) is 0 Å². The number of nitrogens with two attached hydrogens (primary N) is 1. The fourth-order valence-corrected chi connectivity index (χ4v) is 2.68. The van der Waals surface area contributed by atoms with Gasteiger partial charge in [0, 0.05) is 0 Å². The standard InChI is InChI=1S/C14H18N2O2S/c1-8(2)18-12-7-10(5-6-11(12)17-4)13-9(3)16-14(15)19-13/h5-8H,1-4H3,(H2,15,16). The van der Waals surface area contributed by atoms with Gasteiger partial charge in [-0.05, 0) is 44.5 Å². The summed E-state index contributed by atoms with van der Waals surface area (Å²) in [5, 5.41) is 0.578. The second kappa shape index (κ2) is 5.48. The van der Waals surface area contributed by atoms with Gasteiger partial charge in [0.1, 0.15) is 0 Å². The monoisotopic (exact) mass is 278 g/mol. The molecule has 0 atom stereocenters. The van der Waals surface area contributed by atoms with E-state index in [0.29, 0.717) is 5.13 Å². The summed E-state index contributed by atoms with van der Waals surface area (Å²) in [6.07, 6.45) is 0.0942. The lowest BCUT2D eigenvalue weighted by atomic mass is 10.1. The zero-order valence-electron chi connectivity index (χ0n) is 11.6. The highest BCUT2D eigenvalue weighted by Crippen LogP contribution is 2.37. The maximum atomic E-state index is 5.77. The molecule has 2 aromatic rings. The molecule has 0 bridgehead atoms. The van der Waals surface area contributed by atoms with E-state index in [4.69, 9.17) is 15.2 Å². The second-order valence-electron chi connectivity index (χ2n) is 4.50. The summed E-state index contributed by atoms with van der Waals surface area (Å²) in [4.78, 5) is 5.31. The first-order valence-electron chi connectivity index (χ1n) is 6.09. The molecule has 0 fully saturated rings. The smallest absolute Gasteiger partial charge is 0.180 e. The molecule has 4 nitrogen and oxygen atoms in total. The first kappa shape index (κ1) is 13.7. The van der Waals surface area contributed by atoms with E-state index in [1.165, 1.54) is 11.3 Å². The predicted molar refractivity (Wildman–Crippen MR) is 79.0 cm³/mol. The highest BCUT2D eigenvalue weighted by molar-refractivity contribution is 7.18. The number of hydrogen-bond donors (Lipinski definition) is 1. The molecule has 0 saturated heterocycles. The Kier molecular flexibility index (Phi) is 3.95. The van der Waals surface area contributed by atoms with Crippen LogP contribution in [0.25, 0.3) is 10.4 Å². The van der Waals surface area contributed by atoms with Crippen LogP contribution in [0.2, 0.25) is 0 Å². The largest absolute Gasteiger partial charge is 0.493 e. The number of nitrogens with zero attached hydrogens (tertiary/aromatic N) is 1. The summed E-state index contributed by atoms with van der Waals surface area (Å²) in [5.74, 6) is 1.47. The van der Waals surface area contributed by atoms with Crippen LogP contribution in [0, 0.1) is 6.92 Å². The number of ether oxygens (including phenoxy) is 2. The Morgan fingerprint density at radius 1 is 1.26 bits per heavy atom. The third kappa shape index (κ3) is 2.98. The van der Waals surface area contributed by atoms with E-state index >= 15 is 0 Å². The van der Waals surface area contributed by atoms with Crippen LogP contribution in [0.5, 0.6) is 11.5 Å². The molecule has 19 heavy (non-hydrogen) atoms. The zero-order chi connectivity index (χ0) is 14.0. The lowest BCUT2D eigenvalue weighted by Crippen LogP contribution is -2.06. The van der Waals surface area contributed by atoms with E-state index in [1.54, 1.807) is 7.11 Å². The molecule has 102 valence electrons. The van der Waals surface area contributed by atoms with Crippen LogP contribution in [-0.4, -0.2) is 18.2 Å². The van der Waals surface area contributed by atoms with Crippen molar-refractivity contribution in [3.05, 3.63) is 23.9 Å². The third-order valence-electron chi connectivity index (χ3n) is 2.60. The minimum atomic E-state index is 0.0942. The first-order chi connectivity index (χ1) is 9.01. The van der Waals surface area contributed by atoms with Crippen molar-refractivity contribution in [2.75, 3.05) is 12.8 Å². The average Bonchev–Trinajstić information content (AvgIpc) is 2.67. The van der Waals surface area contributed by atoms with Crippen LogP contribution in [0.1, 0.15) is 19.5 Å². The van der Waals surface area contributed by atoms with Crippen molar-refractivity contribution >= 4 is 16.5 Å². The zero-order valence-corrected chi connectivity index (χ0v) is 12.4. The van der Waals surface area contributed by atoms with Gasteiger partial charge in [0.2, 0.25) is 0 Å². The molecule has 0 amide bonds. The fraction of sp³-hybridized carbons (Fsp3) is 0.357. The van der Waals surface area contributed by atoms with E-state index < -0.39 is 0 Å². The fourth-order valence-electron chi connectivity index (χ4n) is 1.85. The molecular weight excluding hydrogens is 260 g/mol. The molecule has 0 aliphatic carbocycles. The van der Waals surface area contributed by atoms with Crippen LogP contribution >= 0.6 is 11.3 Å². The van der Waals surface area contributed by atoms with Crippen molar-refractivity contribution in [2.24, 2.45) is 0 Å². The number of thiazole rings is 1. The Bertz CT molecular complexity index is 579. The van der Waals surface area contributed by atoms with Crippen LogP contribution in [0.4, 0.5) is 5.13 Å². The molecule has 1 heterocycles. The van der Waals surface area contributed by atoms with Gasteiger partial charge in [-0.1, -0.05) is 11.3 Å². The minimum absolute atomic E-state index is 0.0942. The summed E-state index contributed by atoms with van der Waals surface area (Å²) in [6, 6.07) is 5.87. The highest BCUT2D eigenvalue weighted by atomic mass is 32.1. The molecule has 2 N–H and O–H groups in total. The highest BCUT2D eigenvalue weighted by Gasteiger charge is 2.12. The first-order valence-corrected chi connectivity index (χ1v) is 6.91. The maximum Gasteiger partial charge on any atom is 0.180 e. The molecule has 5 heteroatoms. The number of methoxy groups -OCH3 is 1. The van der Waals surface area contributed by atoms with E-state index in [0.717, 1.165) is 27.6 Å². The Balaban J connectivity index is 2.45. The molecule has 0 saturated carbocycles. The average molecular weight is 278 g/mol. The molecule has 2 rings (SSSR count). The van der Waals surface area contributed by atoms with Crippen LogP contribution in [0.3, 0.4) is 0 Å². The summed E-state index contributed by atoms with van der Waals surface area (Å²) >= 11 is 1.48. The summed E-state index contributed by atoms with van der Waals surface area (Å²) in [6.45, 7) is 5.93. The number of aromatic nitrogens is 1. The Labute approximate surface area is 117 Å². The Hall–Kier alpha value is -1.75. The number of aryl methyl sites for hydroxylation is 1. The van der Waals surface area contributed by atoms with Gasteiger partial charge in [0.15, 0.2) is 16.6 Å². The van der Waals surface area contributed by atoms with Crippen LogP contribution in [0.15, 0.2) is 18.2 Å². The molecule has 1 aromatic heterocycles. The predicted octanol–water partition coefficient (Wildman–Crippen LogP) is 3.50. The van der Waals surface area contributed by atoms with E-state index in [9.17, 15) is 0 Å². The van der Waals surface area contributed by atoms with Gasteiger partial charge in [0.25, 0.3) is 0 Å². The lowest BCUT2D eigenvalue weighted by molar-refractivity contribution is 0.230. The van der Waals surface area contributed by atoms with Crippen LogP contribution in [-0.2, 0) is 0 Å². The van der Waals surface area contributed by atoms with Gasteiger partial charge in [-0.15, -0.1) is 0 Å². The molecule has 0 radical (unpaired) electrons. The van der Waals surface area contributed by atoms with E-state index in [2.05, 4.69) is 4.98 Å². The molecule has 0 aliphatic rings. The van der Waals surface area contributed by atoms with Gasteiger partial charge in [-0.2, -0.15) is 0 Å².